The first-order valence-corrected chi connectivity index (χ1v) is 5.30. The highest BCUT2D eigenvalue weighted by atomic mass is 16.5. The molecule has 5 nitrogen and oxygen atoms in total. The van der Waals surface area contributed by atoms with Gasteiger partial charge in [-0.15, -0.1) is 0 Å². The Morgan fingerprint density at radius 2 is 2.24 bits per heavy atom. The van der Waals surface area contributed by atoms with E-state index >= 15 is 0 Å². The lowest BCUT2D eigenvalue weighted by Crippen LogP contribution is -2.39. The second-order valence-electron chi connectivity index (χ2n) is 4.24. The van der Waals surface area contributed by atoms with Gasteiger partial charge in [0.15, 0.2) is 11.9 Å². The van der Waals surface area contributed by atoms with Crippen LogP contribution in [0.1, 0.15) is 13.3 Å². The molecule has 0 aromatic carbocycles. The quantitative estimate of drug-likeness (QED) is 0.729. The Morgan fingerprint density at radius 3 is 2.76 bits per heavy atom. The van der Waals surface area contributed by atoms with Crippen LogP contribution in [0.2, 0.25) is 0 Å². The number of aldehydes is 1. The average molecular weight is 236 g/mol. The molecule has 0 fully saturated rings. The van der Waals surface area contributed by atoms with Crippen LogP contribution in [0.4, 0.5) is 0 Å². The van der Waals surface area contributed by atoms with Gasteiger partial charge in [0.05, 0.1) is 11.8 Å². The molecular formula is C12H12O5. The molecule has 17 heavy (non-hydrogen) atoms. The summed E-state index contributed by atoms with van der Waals surface area (Å²) in [7, 11) is 0. The van der Waals surface area contributed by atoms with Crippen molar-refractivity contribution in [3.8, 4) is 0 Å². The Balaban J connectivity index is 2.39. The highest BCUT2D eigenvalue weighted by molar-refractivity contribution is 5.91. The molecule has 1 aliphatic heterocycles. The number of Topliss-reactive ketones (excluding diaryl/α,β-unsaturated/α-hetero) is 1. The van der Waals surface area contributed by atoms with Gasteiger partial charge in [-0.25, -0.2) is 4.79 Å². The van der Waals surface area contributed by atoms with Gasteiger partial charge in [0.2, 0.25) is 0 Å². The Labute approximate surface area is 97.8 Å². The van der Waals surface area contributed by atoms with Crippen LogP contribution in [0.15, 0.2) is 23.5 Å². The number of fused-ring (bicyclic) bond motifs is 1. The molecule has 2 rings (SSSR count). The molecule has 0 saturated carbocycles. The fraction of sp³-hybridized carbons (Fsp3) is 0.417. The molecule has 0 radical (unpaired) electrons. The number of carboxylic acids is 1. The van der Waals surface area contributed by atoms with E-state index in [1.165, 1.54) is 6.92 Å². The van der Waals surface area contributed by atoms with Gasteiger partial charge in [-0.3, -0.25) is 9.59 Å². The van der Waals surface area contributed by atoms with Crippen LogP contribution in [0.5, 0.6) is 0 Å². The lowest BCUT2D eigenvalue weighted by molar-refractivity contribution is -0.137. The van der Waals surface area contributed by atoms with Gasteiger partial charge in [0.1, 0.15) is 6.29 Å². The predicted octanol–water partition coefficient (Wildman–Crippen LogP) is 0.704. The Bertz CT molecular complexity index is 446. The van der Waals surface area contributed by atoms with E-state index in [1.54, 1.807) is 6.08 Å². The van der Waals surface area contributed by atoms with Crippen molar-refractivity contribution >= 4 is 18.0 Å². The third kappa shape index (κ3) is 1.77. The number of ketones is 1. The summed E-state index contributed by atoms with van der Waals surface area (Å²) in [5.41, 5.74) is 0.586. The molecule has 0 saturated heterocycles. The topological polar surface area (TPSA) is 80.7 Å². The van der Waals surface area contributed by atoms with E-state index in [1.807, 2.05) is 0 Å². The van der Waals surface area contributed by atoms with Crippen molar-refractivity contribution in [1.82, 2.24) is 0 Å². The lowest BCUT2D eigenvalue weighted by Gasteiger charge is -2.32. The van der Waals surface area contributed by atoms with E-state index in [2.05, 4.69) is 0 Å². The van der Waals surface area contributed by atoms with Crippen LogP contribution in [-0.4, -0.2) is 29.2 Å². The van der Waals surface area contributed by atoms with Crippen molar-refractivity contribution in [2.45, 2.75) is 19.4 Å². The fourth-order valence-corrected chi connectivity index (χ4v) is 2.49. The van der Waals surface area contributed by atoms with Gasteiger partial charge in [-0.1, -0.05) is 6.08 Å². The molecule has 1 N–H and O–H groups in total. The minimum atomic E-state index is -1.07. The zero-order valence-electron chi connectivity index (χ0n) is 9.25. The molecular weight excluding hydrogens is 224 g/mol. The minimum absolute atomic E-state index is 0.126. The summed E-state index contributed by atoms with van der Waals surface area (Å²) >= 11 is 0. The Morgan fingerprint density at radius 1 is 1.53 bits per heavy atom. The number of allylic oxidation sites excluding steroid dienone is 1. The van der Waals surface area contributed by atoms with Crippen LogP contribution in [0.3, 0.4) is 0 Å². The van der Waals surface area contributed by atoms with E-state index in [9.17, 15) is 14.4 Å². The largest absolute Gasteiger partial charge is 0.489 e. The van der Waals surface area contributed by atoms with Crippen molar-refractivity contribution < 1.29 is 24.2 Å². The van der Waals surface area contributed by atoms with Crippen molar-refractivity contribution in [2.75, 3.05) is 0 Å². The molecule has 1 aliphatic carbocycles. The maximum absolute atomic E-state index is 11.4. The zero-order valence-corrected chi connectivity index (χ0v) is 9.25. The minimum Gasteiger partial charge on any atom is -0.489 e. The molecule has 0 bridgehead atoms. The Hall–Kier alpha value is -1.91. The van der Waals surface area contributed by atoms with Crippen LogP contribution in [0.25, 0.3) is 0 Å². The second-order valence-corrected chi connectivity index (χ2v) is 4.24. The third-order valence-electron chi connectivity index (χ3n) is 3.28. The molecule has 1 heterocycles. The lowest BCUT2D eigenvalue weighted by atomic mass is 9.79. The summed E-state index contributed by atoms with van der Waals surface area (Å²) in [5.74, 6) is -2.06. The summed E-state index contributed by atoms with van der Waals surface area (Å²) in [5, 5.41) is 9.02. The summed E-state index contributed by atoms with van der Waals surface area (Å²) in [4.78, 5) is 33.4. The van der Waals surface area contributed by atoms with Gasteiger partial charge in [0, 0.05) is 11.8 Å². The van der Waals surface area contributed by atoms with Crippen molar-refractivity contribution in [1.29, 1.82) is 0 Å². The first-order chi connectivity index (χ1) is 8.06. The number of carbonyl (C=O) groups is 3. The maximum Gasteiger partial charge on any atom is 0.335 e. The van der Waals surface area contributed by atoms with Gasteiger partial charge in [-0.2, -0.15) is 0 Å². The third-order valence-corrected chi connectivity index (χ3v) is 3.28. The van der Waals surface area contributed by atoms with Gasteiger partial charge >= 0.3 is 5.97 Å². The fourth-order valence-electron chi connectivity index (χ4n) is 2.49. The monoisotopic (exact) mass is 236 g/mol. The van der Waals surface area contributed by atoms with E-state index in [0.717, 1.165) is 6.26 Å². The Kier molecular flexibility index (Phi) is 2.83. The highest BCUT2D eigenvalue weighted by Gasteiger charge is 2.45. The van der Waals surface area contributed by atoms with Crippen LogP contribution in [0, 0.1) is 11.8 Å². The number of hydrogen-bond donors (Lipinski definition) is 1. The molecule has 0 amide bonds. The first kappa shape index (κ1) is 11.6. The van der Waals surface area contributed by atoms with Gasteiger partial charge in [0.25, 0.3) is 0 Å². The number of hydrogen-bond acceptors (Lipinski definition) is 4. The normalized spacial score (nSPS) is 30.8. The first-order valence-electron chi connectivity index (χ1n) is 5.30. The maximum atomic E-state index is 11.4. The number of carbonyl (C=O) groups excluding carboxylic acids is 2. The molecule has 3 unspecified atom stereocenters. The summed E-state index contributed by atoms with van der Waals surface area (Å²) < 4.78 is 5.17. The standard InChI is InChI=1S/C12H12O5/c1-6(14)11-10-7(4-13)2-3-8(10)9(5-17-11)12(15)16/h2,4-5,8,10-11H,3H2,1H3,(H,15,16). The van der Waals surface area contributed by atoms with Crippen molar-refractivity contribution in [3.05, 3.63) is 23.5 Å². The average Bonchev–Trinajstić information content (AvgIpc) is 2.70. The van der Waals surface area contributed by atoms with Gasteiger partial charge < -0.3 is 9.84 Å². The number of carboxylic acid groups (broad SMARTS) is 1. The molecule has 5 heteroatoms. The SMILES string of the molecule is CC(=O)C1OC=C(C(=O)O)C2CC=C(C=O)C21. The smallest absolute Gasteiger partial charge is 0.335 e. The van der Waals surface area contributed by atoms with E-state index in [0.29, 0.717) is 18.3 Å². The number of ether oxygens (including phenoxy) is 1. The highest BCUT2D eigenvalue weighted by Crippen LogP contribution is 2.42. The molecule has 0 spiro atoms. The number of rotatable bonds is 3. The molecule has 0 aromatic rings. The van der Waals surface area contributed by atoms with E-state index in [-0.39, 0.29) is 17.3 Å². The van der Waals surface area contributed by atoms with Crippen LogP contribution >= 0.6 is 0 Å². The molecule has 0 aromatic heterocycles. The summed E-state index contributed by atoms with van der Waals surface area (Å²) in [6.07, 6.45) is 3.21. The predicted molar refractivity (Wildman–Crippen MR) is 57.0 cm³/mol. The van der Waals surface area contributed by atoms with Crippen molar-refractivity contribution in [2.24, 2.45) is 11.8 Å². The molecule has 3 atom stereocenters. The molecule has 2 aliphatic rings. The van der Waals surface area contributed by atoms with E-state index in [4.69, 9.17) is 9.84 Å². The number of aliphatic carboxylic acids is 1. The van der Waals surface area contributed by atoms with Crippen LogP contribution < -0.4 is 0 Å². The zero-order chi connectivity index (χ0) is 12.6. The van der Waals surface area contributed by atoms with Crippen molar-refractivity contribution in [3.63, 3.8) is 0 Å². The second kappa shape index (κ2) is 4.16. The van der Waals surface area contributed by atoms with Crippen LogP contribution in [-0.2, 0) is 19.1 Å². The summed E-state index contributed by atoms with van der Waals surface area (Å²) in [6.45, 7) is 1.38. The molecule has 90 valence electrons. The van der Waals surface area contributed by atoms with E-state index < -0.39 is 18.0 Å². The summed E-state index contributed by atoms with van der Waals surface area (Å²) in [6, 6.07) is 0. The van der Waals surface area contributed by atoms with Gasteiger partial charge in [-0.05, 0) is 18.9 Å².